The summed E-state index contributed by atoms with van der Waals surface area (Å²) in [6, 6.07) is 13.5. The number of ether oxygens (including phenoxy) is 2. The number of nitro benzene ring substituents is 1. The van der Waals surface area contributed by atoms with Crippen LogP contribution in [0.4, 0.5) is 5.69 Å². The monoisotopic (exact) mass is 463 g/mol. The van der Waals surface area contributed by atoms with Crippen molar-refractivity contribution >= 4 is 11.6 Å². The number of fused-ring (bicyclic) bond motifs is 1. The number of nitrogens with zero attached hydrogens (tertiary/aromatic N) is 4. The number of non-ortho nitro benzene ring substituents is 1. The van der Waals surface area contributed by atoms with Gasteiger partial charge < -0.3 is 14.4 Å². The Balaban J connectivity index is 1.52. The highest BCUT2D eigenvalue weighted by Crippen LogP contribution is 2.43. The van der Waals surface area contributed by atoms with Gasteiger partial charge in [-0.3, -0.25) is 24.9 Å². The number of nitrogens with one attached hydrogen (secondary N) is 1. The molecule has 2 aliphatic rings. The van der Waals surface area contributed by atoms with E-state index < -0.39 is 11.0 Å². The molecular weight excluding hydrogens is 438 g/mol. The molecule has 1 N–H and O–H groups in total. The number of carbonyl (C=O) groups excluding carboxylic acids is 1. The van der Waals surface area contributed by atoms with Gasteiger partial charge in [0, 0.05) is 49.4 Å². The number of rotatable bonds is 7. The third-order valence-corrected chi connectivity index (χ3v) is 6.41. The molecule has 1 atom stereocenters. The van der Waals surface area contributed by atoms with Crippen molar-refractivity contribution in [3.8, 4) is 17.0 Å². The average molecular weight is 463 g/mol. The Hall–Kier alpha value is -3.76. The fraction of sp³-hybridized carbons (Fsp3) is 0.333. The molecular formula is C24H25N5O5. The normalized spacial score (nSPS) is 18.2. The van der Waals surface area contributed by atoms with E-state index in [1.165, 1.54) is 12.1 Å². The molecule has 3 heterocycles. The minimum absolute atomic E-state index is 0.00994. The van der Waals surface area contributed by atoms with Crippen LogP contribution in [0.15, 0.2) is 48.5 Å². The zero-order valence-electron chi connectivity index (χ0n) is 18.8. The van der Waals surface area contributed by atoms with Crippen molar-refractivity contribution in [3.05, 3.63) is 75.5 Å². The van der Waals surface area contributed by atoms with E-state index in [4.69, 9.17) is 9.47 Å². The van der Waals surface area contributed by atoms with E-state index in [1.807, 2.05) is 29.2 Å². The van der Waals surface area contributed by atoms with Crippen molar-refractivity contribution in [2.75, 3.05) is 46.5 Å². The molecule has 1 saturated heterocycles. The van der Waals surface area contributed by atoms with Crippen LogP contribution in [0.25, 0.3) is 11.3 Å². The molecule has 176 valence electrons. The van der Waals surface area contributed by atoms with E-state index in [-0.39, 0.29) is 11.6 Å². The number of aromatic nitrogens is 2. The minimum Gasteiger partial charge on any atom is -0.497 e. The van der Waals surface area contributed by atoms with Crippen molar-refractivity contribution < 1.29 is 19.2 Å². The lowest BCUT2D eigenvalue weighted by atomic mass is 9.96. The van der Waals surface area contributed by atoms with Gasteiger partial charge in [0.25, 0.3) is 11.6 Å². The molecule has 34 heavy (non-hydrogen) atoms. The van der Waals surface area contributed by atoms with Crippen LogP contribution >= 0.6 is 0 Å². The van der Waals surface area contributed by atoms with E-state index in [9.17, 15) is 14.9 Å². The first-order chi connectivity index (χ1) is 16.6. The summed E-state index contributed by atoms with van der Waals surface area (Å²) in [5.41, 5.74) is 3.59. The lowest BCUT2D eigenvalue weighted by molar-refractivity contribution is -0.384. The van der Waals surface area contributed by atoms with Crippen molar-refractivity contribution in [1.82, 2.24) is 20.0 Å². The topological polar surface area (TPSA) is 114 Å². The number of carbonyl (C=O) groups is 1. The zero-order valence-corrected chi connectivity index (χ0v) is 18.8. The van der Waals surface area contributed by atoms with Gasteiger partial charge in [-0.2, -0.15) is 5.10 Å². The Morgan fingerprint density at radius 3 is 2.47 bits per heavy atom. The summed E-state index contributed by atoms with van der Waals surface area (Å²) in [5, 5.41) is 18.6. The van der Waals surface area contributed by atoms with Crippen LogP contribution < -0.4 is 4.74 Å². The molecule has 1 unspecified atom stereocenters. The fourth-order valence-corrected chi connectivity index (χ4v) is 4.60. The Bertz CT molecular complexity index is 1190. The van der Waals surface area contributed by atoms with Crippen molar-refractivity contribution in [2.24, 2.45) is 0 Å². The first-order valence-corrected chi connectivity index (χ1v) is 11.1. The number of benzene rings is 2. The fourth-order valence-electron chi connectivity index (χ4n) is 4.60. The molecule has 10 heteroatoms. The Morgan fingerprint density at radius 1 is 1.12 bits per heavy atom. The van der Waals surface area contributed by atoms with E-state index in [0.29, 0.717) is 37.7 Å². The Kier molecular flexibility index (Phi) is 5.99. The highest BCUT2D eigenvalue weighted by Gasteiger charge is 2.42. The number of hydrogen-bond donors (Lipinski definition) is 1. The van der Waals surface area contributed by atoms with Gasteiger partial charge in [-0.1, -0.05) is 0 Å². The first-order valence-electron chi connectivity index (χ1n) is 11.1. The lowest BCUT2D eigenvalue weighted by Gasteiger charge is -2.31. The van der Waals surface area contributed by atoms with Crippen LogP contribution in [0.3, 0.4) is 0 Å². The molecule has 2 aliphatic heterocycles. The Morgan fingerprint density at radius 2 is 1.82 bits per heavy atom. The summed E-state index contributed by atoms with van der Waals surface area (Å²) in [4.78, 5) is 28.3. The number of amides is 1. The number of aromatic amines is 1. The number of hydrogen-bond acceptors (Lipinski definition) is 7. The maximum absolute atomic E-state index is 13.5. The van der Waals surface area contributed by atoms with Crippen molar-refractivity contribution in [1.29, 1.82) is 0 Å². The number of H-pyrrole nitrogens is 1. The van der Waals surface area contributed by atoms with Crippen LogP contribution in [0.1, 0.15) is 27.7 Å². The predicted octanol–water partition coefficient (Wildman–Crippen LogP) is 2.87. The predicted molar refractivity (Wildman–Crippen MR) is 124 cm³/mol. The molecule has 0 bridgehead atoms. The second-order valence-corrected chi connectivity index (χ2v) is 8.29. The maximum atomic E-state index is 13.5. The molecule has 1 amide bonds. The number of methoxy groups -OCH3 is 1. The van der Waals surface area contributed by atoms with Crippen molar-refractivity contribution in [3.63, 3.8) is 0 Å². The highest BCUT2D eigenvalue weighted by atomic mass is 16.6. The number of morpholine rings is 1. The van der Waals surface area contributed by atoms with Crippen molar-refractivity contribution in [2.45, 2.75) is 6.04 Å². The van der Waals surface area contributed by atoms with Crippen LogP contribution in [0.2, 0.25) is 0 Å². The Labute approximate surface area is 196 Å². The van der Waals surface area contributed by atoms with E-state index in [2.05, 4.69) is 15.1 Å². The number of nitro groups is 1. The second kappa shape index (κ2) is 9.24. The zero-order chi connectivity index (χ0) is 23.7. The van der Waals surface area contributed by atoms with Gasteiger partial charge in [-0.15, -0.1) is 0 Å². The third kappa shape index (κ3) is 4.02. The van der Waals surface area contributed by atoms with Gasteiger partial charge in [-0.25, -0.2) is 0 Å². The molecule has 1 aromatic heterocycles. The summed E-state index contributed by atoms with van der Waals surface area (Å²) in [6.07, 6.45) is 0. The standard InChI is InChI=1S/C24H25N5O5/c1-33-19-8-4-16(5-9-19)21-20-22(26-25-21)24(30)28(11-10-27-12-14-34-15-13-27)23(20)17-2-6-18(7-3-17)29(31)32/h2-9,23H,10-15H2,1H3,(H,25,26). The molecule has 3 aromatic rings. The molecule has 0 spiro atoms. The van der Waals surface area contributed by atoms with Gasteiger partial charge in [0.05, 0.1) is 37.0 Å². The summed E-state index contributed by atoms with van der Waals surface area (Å²) < 4.78 is 10.7. The third-order valence-electron chi connectivity index (χ3n) is 6.41. The maximum Gasteiger partial charge on any atom is 0.273 e. The summed E-state index contributed by atoms with van der Waals surface area (Å²) in [7, 11) is 1.61. The quantitative estimate of drug-likeness (QED) is 0.423. The van der Waals surface area contributed by atoms with Gasteiger partial charge in [0.1, 0.15) is 11.4 Å². The summed E-state index contributed by atoms with van der Waals surface area (Å²) in [6.45, 7) is 4.26. The van der Waals surface area contributed by atoms with Crippen LogP contribution in [-0.2, 0) is 4.74 Å². The smallest absolute Gasteiger partial charge is 0.273 e. The van der Waals surface area contributed by atoms with Gasteiger partial charge in [0.2, 0.25) is 0 Å². The van der Waals surface area contributed by atoms with Gasteiger partial charge in [0.15, 0.2) is 0 Å². The lowest BCUT2D eigenvalue weighted by Crippen LogP contribution is -2.42. The molecule has 0 saturated carbocycles. The van der Waals surface area contributed by atoms with Crippen LogP contribution in [0, 0.1) is 10.1 Å². The van der Waals surface area contributed by atoms with E-state index in [1.54, 1.807) is 19.2 Å². The molecule has 0 aliphatic carbocycles. The summed E-state index contributed by atoms with van der Waals surface area (Å²) in [5.74, 6) is 0.602. The van der Waals surface area contributed by atoms with Gasteiger partial charge >= 0.3 is 0 Å². The highest BCUT2D eigenvalue weighted by molar-refractivity contribution is 6.00. The molecule has 10 nitrogen and oxygen atoms in total. The van der Waals surface area contributed by atoms with Gasteiger partial charge in [-0.05, 0) is 42.0 Å². The van der Waals surface area contributed by atoms with E-state index >= 15 is 0 Å². The minimum atomic E-state index is -0.425. The average Bonchev–Trinajstić information content (AvgIpc) is 3.42. The first kappa shape index (κ1) is 22.1. The van der Waals surface area contributed by atoms with E-state index in [0.717, 1.165) is 35.5 Å². The SMILES string of the molecule is COc1ccc(-c2n[nH]c3c2C(c2ccc([N+](=O)[O-])cc2)N(CCN2CCOCC2)C3=O)cc1. The molecule has 1 fully saturated rings. The summed E-state index contributed by atoms with van der Waals surface area (Å²) >= 11 is 0. The van der Waals surface area contributed by atoms with Crippen LogP contribution in [0.5, 0.6) is 5.75 Å². The van der Waals surface area contributed by atoms with Crippen LogP contribution in [-0.4, -0.2) is 77.3 Å². The molecule has 2 aromatic carbocycles. The largest absolute Gasteiger partial charge is 0.497 e. The molecule has 0 radical (unpaired) electrons. The second-order valence-electron chi connectivity index (χ2n) is 8.29. The molecule has 5 rings (SSSR count).